The van der Waals surface area contributed by atoms with Crippen LogP contribution in [0.15, 0.2) is 12.3 Å². The van der Waals surface area contributed by atoms with Crippen LogP contribution in [0.4, 0.5) is 0 Å². The normalized spacial score (nSPS) is 12.9. The summed E-state index contributed by atoms with van der Waals surface area (Å²) in [5.74, 6) is 0. The highest BCUT2D eigenvalue weighted by Crippen LogP contribution is 2.04. The Balaban J connectivity index is 2.17. The van der Waals surface area contributed by atoms with Crippen LogP contribution in [0.25, 0.3) is 0 Å². The molecule has 3 heteroatoms. The lowest BCUT2D eigenvalue weighted by Gasteiger charge is -2.16. The van der Waals surface area contributed by atoms with Crippen LogP contribution in [0.1, 0.15) is 45.2 Å². The van der Waals surface area contributed by atoms with E-state index < -0.39 is 0 Å². The second-order valence-electron chi connectivity index (χ2n) is 4.42. The van der Waals surface area contributed by atoms with Crippen LogP contribution in [-0.2, 0) is 6.54 Å². The summed E-state index contributed by atoms with van der Waals surface area (Å²) in [7, 11) is 0. The molecule has 0 aliphatic rings. The molecule has 0 bridgehead atoms. The van der Waals surface area contributed by atoms with Gasteiger partial charge in [0.15, 0.2) is 0 Å². The van der Waals surface area contributed by atoms with Gasteiger partial charge in [0.25, 0.3) is 0 Å². The fraction of sp³-hybridized carbons (Fsp3) is 0.769. The summed E-state index contributed by atoms with van der Waals surface area (Å²) in [5.41, 5.74) is 1.11. The van der Waals surface area contributed by atoms with Crippen molar-refractivity contribution < 1.29 is 0 Å². The van der Waals surface area contributed by atoms with Gasteiger partial charge in [0.1, 0.15) is 0 Å². The minimum absolute atomic E-state index is 0.677. The SMILES string of the molecule is CCCNC(CC)CCCn1ccc(C)n1. The first kappa shape index (κ1) is 13.2. The van der Waals surface area contributed by atoms with Crippen molar-refractivity contribution in [2.45, 2.75) is 59.0 Å². The van der Waals surface area contributed by atoms with Crippen molar-refractivity contribution >= 4 is 0 Å². The van der Waals surface area contributed by atoms with Gasteiger partial charge in [-0.2, -0.15) is 5.10 Å². The molecule has 1 heterocycles. The lowest BCUT2D eigenvalue weighted by molar-refractivity contribution is 0.431. The van der Waals surface area contributed by atoms with E-state index in [4.69, 9.17) is 0 Å². The number of hydrogen-bond acceptors (Lipinski definition) is 2. The van der Waals surface area contributed by atoms with Crippen LogP contribution in [0, 0.1) is 6.92 Å². The zero-order chi connectivity index (χ0) is 11.8. The minimum Gasteiger partial charge on any atom is -0.314 e. The summed E-state index contributed by atoms with van der Waals surface area (Å²) in [4.78, 5) is 0. The Kier molecular flexibility index (Phi) is 6.16. The van der Waals surface area contributed by atoms with E-state index in [1.54, 1.807) is 0 Å². The van der Waals surface area contributed by atoms with E-state index >= 15 is 0 Å². The van der Waals surface area contributed by atoms with Crippen LogP contribution in [0.5, 0.6) is 0 Å². The van der Waals surface area contributed by atoms with Gasteiger partial charge in [-0.1, -0.05) is 13.8 Å². The fourth-order valence-corrected chi connectivity index (χ4v) is 1.89. The Labute approximate surface area is 99.2 Å². The molecule has 0 aliphatic heterocycles. The lowest BCUT2D eigenvalue weighted by Crippen LogP contribution is -2.29. The molecule has 1 unspecified atom stereocenters. The fourth-order valence-electron chi connectivity index (χ4n) is 1.89. The topological polar surface area (TPSA) is 29.9 Å². The van der Waals surface area contributed by atoms with E-state index in [0.29, 0.717) is 6.04 Å². The van der Waals surface area contributed by atoms with Crippen molar-refractivity contribution in [3.8, 4) is 0 Å². The zero-order valence-electron chi connectivity index (χ0n) is 10.9. The maximum atomic E-state index is 4.39. The Bertz CT molecular complexity index is 280. The molecule has 0 spiro atoms. The van der Waals surface area contributed by atoms with E-state index in [9.17, 15) is 0 Å². The molecule has 0 radical (unpaired) electrons. The molecule has 92 valence electrons. The number of nitrogens with one attached hydrogen (secondary N) is 1. The zero-order valence-corrected chi connectivity index (χ0v) is 10.9. The molecular weight excluding hydrogens is 198 g/mol. The standard InChI is InChI=1S/C13H25N3/c1-4-9-14-13(5-2)7-6-10-16-11-8-12(3)15-16/h8,11,13-14H,4-7,9-10H2,1-3H3. The van der Waals surface area contributed by atoms with Crippen LogP contribution in [0.3, 0.4) is 0 Å². The van der Waals surface area contributed by atoms with E-state index in [1.807, 2.05) is 11.6 Å². The monoisotopic (exact) mass is 223 g/mol. The van der Waals surface area contributed by atoms with Gasteiger partial charge in [-0.3, -0.25) is 4.68 Å². The van der Waals surface area contributed by atoms with Crippen molar-refractivity contribution in [3.05, 3.63) is 18.0 Å². The lowest BCUT2D eigenvalue weighted by atomic mass is 10.1. The van der Waals surface area contributed by atoms with Crippen molar-refractivity contribution in [2.24, 2.45) is 0 Å². The van der Waals surface area contributed by atoms with Gasteiger partial charge in [0.05, 0.1) is 5.69 Å². The third kappa shape index (κ3) is 4.79. The molecule has 1 rings (SSSR count). The van der Waals surface area contributed by atoms with E-state index in [0.717, 1.165) is 18.8 Å². The molecule has 3 nitrogen and oxygen atoms in total. The van der Waals surface area contributed by atoms with Crippen LogP contribution in [0.2, 0.25) is 0 Å². The van der Waals surface area contributed by atoms with Crippen LogP contribution >= 0.6 is 0 Å². The van der Waals surface area contributed by atoms with E-state index in [2.05, 4.69) is 36.5 Å². The number of rotatable bonds is 8. The van der Waals surface area contributed by atoms with Gasteiger partial charge < -0.3 is 5.32 Å². The van der Waals surface area contributed by atoms with Gasteiger partial charge in [0.2, 0.25) is 0 Å². The molecule has 1 atom stereocenters. The van der Waals surface area contributed by atoms with Crippen molar-refractivity contribution in [2.75, 3.05) is 6.54 Å². The molecule has 0 saturated carbocycles. The number of hydrogen-bond donors (Lipinski definition) is 1. The molecule has 0 saturated heterocycles. The second kappa shape index (κ2) is 7.44. The Morgan fingerprint density at radius 3 is 2.81 bits per heavy atom. The number of aromatic nitrogens is 2. The molecule has 16 heavy (non-hydrogen) atoms. The van der Waals surface area contributed by atoms with Gasteiger partial charge >= 0.3 is 0 Å². The molecule has 1 aromatic heterocycles. The summed E-state index contributed by atoms with van der Waals surface area (Å²) in [6.07, 6.45) is 6.95. The number of aryl methyl sites for hydroxylation is 2. The Morgan fingerprint density at radius 2 is 2.25 bits per heavy atom. The summed E-state index contributed by atoms with van der Waals surface area (Å²) in [6.45, 7) is 8.68. The summed E-state index contributed by atoms with van der Waals surface area (Å²) >= 11 is 0. The summed E-state index contributed by atoms with van der Waals surface area (Å²) in [5, 5.41) is 7.97. The Hall–Kier alpha value is -0.830. The maximum absolute atomic E-state index is 4.39. The molecule has 0 amide bonds. The average Bonchev–Trinajstić information content (AvgIpc) is 2.69. The maximum Gasteiger partial charge on any atom is 0.0593 e. The quantitative estimate of drug-likeness (QED) is 0.734. The highest BCUT2D eigenvalue weighted by molar-refractivity contribution is 4.94. The van der Waals surface area contributed by atoms with Crippen molar-refractivity contribution in [1.82, 2.24) is 15.1 Å². The number of nitrogens with zero attached hydrogens (tertiary/aromatic N) is 2. The van der Waals surface area contributed by atoms with Gasteiger partial charge in [-0.15, -0.1) is 0 Å². The van der Waals surface area contributed by atoms with E-state index in [1.165, 1.54) is 25.7 Å². The van der Waals surface area contributed by atoms with E-state index in [-0.39, 0.29) is 0 Å². The largest absolute Gasteiger partial charge is 0.314 e. The molecule has 0 fully saturated rings. The molecule has 0 aromatic carbocycles. The first-order valence-electron chi connectivity index (χ1n) is 6.49. The predicted octanol–water partition coefficient (Wildman–Crippen LogP) is 2.75. The average molecular weight is 223 g/mol. The molecule has 0 aliphatic carbocycles. The molecule has 1 N–H and O–H groups in total. The minimum atomic E-state index is 0.677. The van der Waals surface area contributed by atoms with Crippen LogP contribution in [-0.4, -0.2) is 22.4 Å². The van der Waals surface area contributed by atoms with Gasteiger partial charge in [-0.25, -0.2) is 0 Å². The smallest absolute Gasteiger partial charge is 0.0593 e. The third-order valence-electron chi connectivity index (χ3n) is 2.89. The van der Waals surface area contributed by atoms with Crippen LogP contribution < -0.4 is 5.32 Å². The summed E-state index contributed by atoms with van der Waals surface area (Å²) in [6, 6.07) is 2.74. The summed E-state index contributed by atoms with van der Waals surface area (Å²) < 4.78 is 2.04. The third-order valence-corrected chi connectivity index (χ3v) is 2.89. The first-order chi connectivity index (χ1) is 7.76. The highest BCUT2D eigenvalue weighted by Gasteiger charge is 2.04. The highest BCUT2D eigenvalue weighted by atomic mass is 15.3. The first-order valence-corrected chi connectivity index (χ1v) is 6.49. The molecular formula is C13H25N3. The second-order valence-corrected chi connectivity index (χ2v) is 4.42. The van der Waals surface area contributed by atoms with Crippen molar-refractivity contribution in [1.29, 1.82) is 0 Å². The van der Waals surface area contributed by atoms with Gasteiger partial charge in [0, 0.05) is 18.8 Å². The van der Waals surface area contributed by atoms with Gasteiger partial charge in [-0.05, 0) is 45.2 Å². The Morgan fingerprint density at radius 1 is 1.44 bits per heavy atom. The molecule has 1 aromatic rings. The van der Waals surface area contributed by atoms with Crippen molar-refractivity contribution in [3.63, 3.8) is 0 Å². The predicted molar refractivity (Wildman–Crippen MR) is 68.6 cm³/mol.